The fourth-order valence-corrected chi connectivity index (χ4v) is 2.58. The third kappa shape index (κ3) is 6.08. The first kappa shape index (κ1) is 19.8. The molecule has 0 saturated heterocycles. The number of nitrogens with one attached hydrogen (secondary N) is 3. The van der Waals surface area contributed by atoms with Crippen LogP contribution in [0.5, 0.6) is 0 Å². The summed E-state index contributed by atoms with van der Waals surface area (Å²) in [5, 5.41) is 6.26. The second-order valence-electron chi connectivity index (χ2n) is 5.27. The molecule has 0 fully saturated rings. The predicted octanol–water partition coefficient (Wildman–Crippen LogP) is 2.16. The Kier molecular flexibility index (Phi) is 7.05. The van der Waals surface area contributed by atoms with E-state index in [1.807, 2.05) is 0 Å². The molecule has 0 bridgehead atoms. The Morgan fingerprint density at radius 1 is 1.23 bits per heavy atom. The number of carbonyl (C=O) groups excluding carboxylic acids is 3. The third-order valence-electron chi connectivity index (χ3n) is 3.13. The van der Waals surface area contributed by atoms with Gasteiger partial charge in [-0.15, -0.1) is 11.8 Å². The lowest BCUT2D eigenvalue weighted by Crippen LogP contribution is -2.42. The zero-order valence-electron chi connectivity index (χ0n) is 14.0. The van der Waals surface area contributed by atoms with Crippen molar-refractivity contribution in [3.8, 4) is 0 Å². The van der Waals surface area contributed by atoms with Crippen molar-refractivity contribution < 1.29 is 18.9 Å². The highest BCUT2D eigenvalue weighted by molar-refractivity contribution is 8.01. The molecule has 8 nitrogen and oxygen atoms in total. The van der Waals surface area contributed by atoms with E-state index in [0.29, 0.717) is 22.2 Å². The minimum Gasteiger partial charge on any atom is -0.360 e. The first-order valence-corrected chi connectivity index (χ1v) is 8.98. The third-order valence-corrected chi connectivity index (χ3v) is 4.53. The van der Waals surface area contributed by atoms with Crippen LogP contribution in [-0.4, -0.2) is 33.9 Å². The van der Waals surface area contributed by atoms with Crippen LogP contribution in [0.2, 0.25) is 5.02 Å². The van der Waals surface area contributed by atoms with Crippen LogP contribution in [0.4, 0.5) is 5.82 Å². The summed E-state index contributed by atoms with van der Waals surface area (Å²) >= 11 is 6.86. The molecule has 1 aromatic heterocycles. The summed E-state index contributed by atoms with van der Waals surface area (Å²) < 4.78 is 4.86. The van der Waals surface area contributed by atoms with Gasteiger partial charge in [-0.05, 0) is 38.1 Å². The molecule has 2 rings (SSSR count). The summed E-state index contributed by atoms with van der Waals surface area (Å²) in [5.41, 5.74) is 4.95. The van der Waals surface area contributed by atoms with Gasteiger partial charge in [0.05, 0.1) is 11.0 Å². The van der Waals surface area contributed by atoms with Crippen molar-refractivity contribution in [2.24, 2.45) is 0 Å². The molecule has 1 aromatic carbocycles. The average Bonchev–Trinajstić information content (AvgIpc) is 3.02. The standard InChI is InChI=1S/C16H17ClN4O4S/c1-9-7-13(21-25-9)18-15(23)10(2)26-8-14(22)19-20-16(24)11-3-5-12(17)6-4-11/h3-7,10H,8H2,1-2H3,(H,19,22)(H,20,24)(H,18,21,23)/t10-/m1/s1. The number of hydrogen-bond donors (Lipinski definition) is 3. The largest absolute Gasteiger partial charge is 0.360 e. The minimum atomic E-state index is -0.496. The summed E-state index contributed by atoms with van der Waals surface area (Å²) in [4.78, 5) is 35.6. The maximum atomic E-state index is 12.0. The van der Waals surface area contributed by atoms with E-state index in [4.69, 9.17) is 16.1 Å². The summed E-state index contributed by atoms with van der Waals surface area (Å²) in [6, 6.07) is 7.82. The van der Waals surface area contributed by atoms with E-state index in [1.54, 1.807) is 32.0 Å². The highest BCUT2D eigenvalue weighted by Gasteiger charge is 2.17. The summed E-state index contributed by atoms with van der Waals surface area (Å²) in [6.07, 6.45) is 0. The van der Waals surface area contributed by atoms with E-state index in [2.05, 4.69) is 21.3 Å². The van der Waals surface area contributed by atoms with Crippen LogP contribution >= 0.6 is 23.4 Å². The van der Waals surface area contributed by atoms with E-state index in [-0.39, 0.29) is 11.7 Å². The van der Waals surface area contributed by atoms with E-state index in [0.717, 1.165) is 11.8 Å². The van der Waals surface area contributed by atoms with Gasteiger partial charge in [0.2, 0.25) is 11.8 Å². The molecule has 0 aliphatic heterocycles. The molecular weight excluding hydrogens is 380 g/mol. The second kappa shape index (κ2) is 9.25. The van der Waals surface area contributed by atoms with Gasteiger partial charge in [0, 0.05) is 16.7 Å². The van der Waals surface area contributed by atoms with Crippen molar-refractivity contribution in [2.75, 3.05) is 11.1 Å². The predicted molar refractivity (Wildman–Crippen MR) is 98.9 cm³/mol. The molecule has 3 amide bonds. The summed E-state index contributed by atoms with van der Waals surface area (Å²) in [6.45, 7) is 3.37. The number of aromatic nitrogens is 1. The molecule has 10 heteroatoms. The van der Waals surface area contributed by atoms with Crippen molar-refractivity contribution in [3.05, 3.63) is 46.7 Å². The zero-order chi connectivity index (χ0) is 19.1. The Bertz CT molecular complexity index is 794. The van der Waals surface area contributed by atoms with Crippen LogP contribution in [-0.2, 0) is 9.59 Å². The van der Waals surface area contributed by atoms with E-state index >= 15 is 0 Å². The van der Waals surface area contributed by atoms with Gasteiger partial charge in [-0.1, -0.05) is 16.8 Å². The van der Waals surface area contributed by atoms with Gasteiger partial charge in [0.25, 0.3) is 5.91 Å². The molecule has 3 N–H and O–H groups in total. The zero-order valence-corrected chi connectivity index (χ0v) is 15.6. The molecule has 0 aliphatic carbocycles. The topological polar surface area (TPSA) is 113 Å². The van der Waals surface area contributed by atoms with Crippen LogP contribution in [0.3, 0.4) is 0 Å². The van der Waals surface area contributed by atoms with Crippen molar-refractivity contribution in [2.45, 2.75) is 19.1 Å². The molecule has 0 spiro atoms. The molecule has 2 aromatic rings. The van der Waals surface area contributed by atoms with Crippen LogP contribution in [0.25, 0.3) is 0 Å². The van der Waals surface area contributed by atoms with Crippen LogP contribution in [0.1, 0.15) is 23.0 Å². The second-order valence-corrected chi connectivity index (χ2v) is 7.04. The Morgan fingerprint density at radius 3 is 2.54 bits per heavy atom. The highest BCUT2D eigenvalue weighted by Crippen LogP contribution is 2.14. The SMILES string of the molecule is Cc1cc(NC(=O)[C@@H](C)SCC(=O)NNC(=O)c2ccc(Cl)cc2)no1. The van der Waals surface area contributed by atoms with Gasteiger partial charge in [-0.2, -0.15) is 0 Å². The summed E-state index contributed by atoms with van der Waals surface area (Å²) in [5.74, 6) is -0.313. The number of hydrogen-bond acceptors (Lipinski definition) is 6. The number of carbonyl (C=O) groups is 3. The van der Waals surface area contributed by atoms with Crippen LogP contribution in [0.15, 0.2) is 34.9 Å². The first-order valence-electron chi connectivity index (χ1n) is 7.55. The molecule has 138 valence electrons. The van der Waals surface area contributed by atoms with Crippen molar-refractivity contribution in [1.29, 1.82) is 0 Å². The molecule has 26 heavy (non-hydrogen) atoms. The Labute approximate surface area is 159 Å². The number of amides is 3. The Morgan fingerprint density at radius 2 is 1.92 bits per heavy atom. The maximum absolute atomic E-state index is 12.0. The lowest BCUT2D eigenvalue weighted by molar-refractivity contribution is -0.119. The monoisotopic (exact) mass is 396 g/mol. The first-order chi connectivity index (χ1) is 12.3. The lowest BCUT2D eigenvalue weighted by Gasteiger charge is -2.11. The van der Waals surface area contributed by atoms with Gasteiger partial charge in [0.15, 0.2) is 5.82 Å². The van der Waals surface area contributed by atoms with Crippen LogP contribution in [0, 0.1) is 6.92 Å². The number of rotatable bonds is 6. The number of nitrogens with zero attached hydrogens (tertiary/aromatic N) is 1. The Balaban J connectivity index is 1.71. The normalized spacial score (nSPS) is 11.5. The van der Waals surface area contributed by atoms with Crippen molar-refractivity contribution in [3.63, 3.8) is 0 Å². The number of benzene rings is 1. The quantitative estimate of drug-likeness (QED) is 0.645. The summed E-state index contributed by atoms with van der Waals surface area (Å²) in [7, 11) is 0. The van der Waals surface area contributed by atoms with Gasteiger partial charge in [-0.3, -0.25) is 25.2 Å². The van der Waals surface area contributed by atoms with Gasteiger partial charge >= 0.3 is 0 Å². The van der Waals surface area contributed by atoms with E-state index in [1.165, 1.54) is 12.1 Å². The van der Waals surface area contributed by atoms with Crippen molar-refractivity contribution in [1.82, 2.24) is 16.0 Å². The smallest absolute Gasteiger partial charge is 0.269 e. The molecular formula is C16H17ClN4O4S. The number of anilines is 1. The average molecular weight is 397 g/mol. The highest BCUT2D eigenvalue weighted by atomic mass is 35.5. The van der Waals surface area contributed by atoms with Gasteiger partial charge in [0.1, 0.15) is 5.76 Å². The molecule has 1 heterocycles. The van der Waals surface area contributed by atoms with E-state index < -0.39 is 17.1 Å². The molecule has 0 aliphatic rings. The lowest BCUT2D eigenvalue weighted by atomic mass is 10.2. The number of halogens is 1. The Hall–Kier alpha value is -2.52. The number of aryl methyl sites for hydroxylation is 1. The van der Waals surface area contributed by atoms with E-state index in [9.17, 15) is 14.4 Å². The number of hydrazine groups is 1. The van der Waals surface area contributed by atoms with Gasteiger partial charge in [-0.25, -0.2) is 0 Å². The van der Waals surface area contributed by atoms with Gasteiger partial charge < -0.3 is 9.84 Å². The molecule has 0 radical (unpaired) electrons. The van der Waals surface area contributed by atoms with Crippen molar-refractivity contribution >= 4 is 46.9 Å². The fraction of sp³-hybridized carbons (Fsp3) is 0.250. The minimum absolute atomic E-state index is 0.00662. The fourth-order valence-electron chi connectivity index (χ4n) is 1.77. The molecule has 0 saturated carbocycles. The number of thioether (sulfide) groups is 1. The molecule has 1 atom stereocenters. The molecule has 0 unspecified atom stereocenters. The van der Waals surface area contributed by atoms with Crippen LogP contribution < -0.4 is 16.2 Å². The maximum Gasteiger partial charge on any atom is 0.269 e.